The Kier molecular flexibility index (Phi) is 3.38. The number of nitrogens with zero attached hydrogens (tertiary/aromatic N) is 1. The quantitative estimate of drug-likeness (QED) is 0.266. The maximum absolute atomic E-state index is 8.56. The molecule has 2 aliphatic rings. The van der Waals surface area contributed by atoms with Gasteiger partial charge in [-0.1, -0.05) is 12.1 Å². The van der Waals surface area contributed by atoms with E-state index in [-0.39, 0.29) is 0 Å². The Morgan fingerprint density at radius 2 is 2.25 bits per heavy atom. The molecule has 92 valence electrons. The first-order valence-electron chi connectivity index (χ1n) is 6.32. The highest BCUT2D eigenvalue weighted by atomic mass is 16.4. The molecule has 0 aromatic rings. The molecule has 16 heavy (non-hydrogen) atoms. The Balaban J connectivity index is 1.64. The van der Waals surface area contributed by atoms with Crippen molar-refractivity contribution in [1.29, 1.82) is 0 Å². The number of hydrogen-bond acceptors (Lipinski definition) is 3. The highest BCUT2D eigenvalue weighted by molar-refractivity contribution is 5.80. The van der Waals surface area contributed by atoms with Crippen LogP contribution in [0.1, 0.15) is 39.0 Å². The minimum Gasteiger partial charge on any atom is -0.409 e. The van der Waals surface area contributed by atoms with E-state index in [2.05, 4.69) is 17.4 Å². The van der Waals surface area contributed by atoms with Gasteiger partial charge < -0.3 is 16.3 Å². The summed E-state index contributed by atoms with van der Waals surface area (Å²) < 4.78 is 0. The molecule has 4 heteroatoms. The summed E-state index contributed by atoms with van der Waals surface area (Å²) in [6.45, 7) is 4.46. The molecule has 0 aromatic carbocycles. The summed E-state index contributed by atoms with van der Waals surface area (Å²) in [5.41, 5.74) is 5.85. The van der Waals surface area contributed by atoms with Gasteiger partial charge in [-0.3, -0.25) is 0 Å². The summed E-state index contributed by atoms with van der Waals surface area (Å²) in [7, 11) is 0. The Morgan fingerprint density at radius 3 is 2.75 bits per heavy atom. The smallest absolute Gasteiger partial charge is 0.139 e. The van der Waals surface area contributed by atoms with Crippen molar-refractivity contribution in [2.75, 3.05) is 13.1 Å². The number of hydrogen-bond donors (Lipinski definition) is 3. The lowest BCUT2D eigenvalue weighted by Gasteiger charge is -2.17. The minimum atomic E-state index is 0.291. The van der Waals surface area contributed by atoms with Crippen molar-refractivity contribution in [2.24, 2.45) is 28.1 Å². The Morgan fingerprint density at radius 1 is 1.56 bits per heavy atom. The van der Waals surface area contributed by atoms with Crippen LogP contribution in [0.3, 0.4) is 0 Å². The monoisotopic (exact) mass is 225 g/mol. The Bertz CT molecular complexity index is 269. The Hall–Kier alpha value is -0.770. The maximum atomic E-state index is 8.56. The predicted molar refractivity (Wildman–Crippen MR) is 64.5 cm³/mol. The third-order valence-electron chi connectivity index (χ3n) is 4.03. The fourth-order valence-corrected chi connectivity index (χ4v) is 2.41. The van der Waals surface area contributed by atoms with E-state index in [4.69, 9.17) is 10.9 Å². The molecule has 0 aliphatic heterocycles. The molecule has 1 atom stereocenters. The van der Waals surface area contributed by atoms with Crippen molar-refractivity contribution in [3.8, 4) is 0 Å². The Labute approximate surface area is 97.3 Å². The van der Waals surface area contributed by atoms with E-state index in [1.54, 1.807) is 0 Å². The van der Waals surface area contributed by atoms with Gasteiger partial charge in [0.05, 0.1) is 0 Å². The van der Waals surface area contributed by atoms with E-state index >= 15 is 0 Å². The molecule has 0 radical (unpaired) electrons. The second-order valence-corrected chi connectivity index (χ2v) is 5.71. The second-order valence-electron chi connectivity index (χ2n) is 5.71. The molecule has 4 nitrogen and oxygen atoms in total. The SMILES string of the molecule is CC(CNCC1(CC(N)=NO)CC1)C1CC1. The van der Waals surface area contributed by atoms with Gasteiger partial charge in [-0.2, -0.15) is 0 Å². The number of nitrogens with two attached hydrogens (primary N) is 1. The highest BCUT2D eigenvalue weighted by Crippen LogP contribution is 2.48. The summed E-state index contributed by atoms with van der Waals surface area (Å²) in [5, 5.41) is 15.2. The van der Waals surface area contributed by atoms with Gasteiger partial charge >= 0.3 is 0 Å². The number of oxime groups is 1. The zero-order valence-corrected chi connectivity index (χ0v) is 10.1. The van der Waals surface area contributed by atoms with Crippen molar-refractivity contribution in [3.05, 3.63) is 0 Å². The average molecular weight is 225 g/mol. The molecule has 0 spiro atoms. The molecule has 0 bridgehead atoms. The third kappa shape index (κ3) is 3.11. The van der Waals surface area contributed by atoms with Gasteiger partial charge in [0.1, 0.15) is 5.84 Å². The van der Waals surface area contributed by atoms with Crippen LogP contribution in [0.25, 0.3) is 0 Å². The molecule has 0 aromatic heterocycles. The van der Waals surface area contributed by atoms with Gasteiger partial charge in [0.2, 0.25) is 0 Å². The molecule has 1 unspecified atom stereocenters. The van der Waals surface area contributed by atoms with Crippen molar-refractivity contribution in [2.45, 2.75) is 39.0 Å². The first-order chi connectivity index (χ1) is 7.65. The van der Waals surface area contributed by atoms with E-state index in [9.17, 15) is 0 Å². The molecular formula is C12H23N3O. The van der Waals surface area contributed by atoms with Crippen molar-refractivity contribution in [1.82, 2.24) is 5.32 Å². The third-order valence-corrected chi connectivity index (χ3v) is 4.03. The summed E-state index contributed by atoms with van der Waals surface area (Å²) in [6, 6.07) is 0. The summed E-state index contributed by atoms with van der Waals surface area (Å²) in [6.07, 6.45) is 5.96. The van der Waals surface area contributed by atoms with E-state index in [1.165, 1.54) is 25.7 Å². The highest BCUT2D eigenvalue weighted by Gasteiger charge is 2.43. The predicted octanol–water partition coefficient (Wildman–Crippen LogP) is 1.54. The van der Waals surface area contributed by atoms with Crippen LogP contribution < -0.4 is 11.1 Å². The standard InChI is InChI=1S/C12H23N3O/c1-9(10-2-3-10)7-14-8-12(4-5-12)6-11(13)15-16/h9-10,14,16H,2-8H2,1H3,(H2,13,15). The van der Waals surface area contributed by atoms with Crippen LogP contribution in [0.4, 0.5) is 0 Å². The van der Waals surface area contributed by atoms with E-state index in [1.807, 2.05) is 0 Å². The lowest BCUT2D eigenvalue weighted by atomic mass is 10.0. The lowest BCUT2D eigenvalue weighted by Crippen LogP contribution is -2.31. The zero-order valence-electron chi connectivity index (χ0n) is 10.1. The van der Waals surface area contributed by atoms with Gasteiger partial charge in [0.25, 0.3) is 0 Å². The van der Waals surface area contributed by atoms with Crippen molar-refractivity contribution >= 4 is 5.84 Å². The van der Waals surface area contributed by atoms with E-state index in [0.717, 1.165) is 31.3 Å². The molecular weight excluding hydrogens is 202 g/mol. The summed E-state index contributed by atoms with van der Waals surface area (Å²) in [5.74, 6) is 2.14. The molecule has 0 amide bonds. The zero-order chi connectivity index (χ0) is 11.6. The molecule has 2 aliphatic carbocycles. The largest absolute Gasteiger partial charge is 0.409 e. The first-order valence-corrected chi connectivity index (χ1v) is 6.32. The molecule has 2 rings (SSSR count). The summed E-state index contributed by atoms with van der Waals surface area (Å²) in [4.78, 5) is 0. The molecule has 4 N–H and O–H groups in total. The molecule has 0 saturated heterocycles. The molecule has 2 saturated carbocycles. The van der Waals surface area contributed by atoms with E-state index in [0.29, 0.717) is 11.3 Å². The number of amidine groups is 1. The van der Waals surface area contributed by atoms with Crippen LogP contribution in [0.2, 0.25) is 0 Å². The topological polar surface area (TPSA) is 70.6 Å². The van der Waals surface area contributed by atoms with Crippen LogP contribution in [0.15, 0.2) is 5.16 Å². The normalized spacial score (nSPS) is 25.4. The van der Waals surface area contributed by atoms with Gasteiger partial charge in [-0.15, -0.1) is 0 Å². The molecule has 0 heterocycles. The maximum Gasteiger partial charge on any atom is 0.139 e. The van der Waals surface area contributed by atoms with Gasteiger partial charge in [-0.05, 0) is 49.5 Å². The van der Waals surface area contributed by atoms with Crippen LogP contribution in [-0.2, 0) is 0 Å². The van der Waals surface area contributed by atoms with Gasteiger partial charge in [0.15, 0.2) is 0 Å². The van der Waals surface area contributed by atoms with Crippen LogP contribution >= 0.6 is 0 Å². The van der Waals surface area contributed by atoms with E-state index < -0.39 is 0 Å². The number of rotatable bonds is 7. The van der Waals surface area contributed by atoms with Crippen molar-refractivity contribution < 1.29 is 5.21 Å². The number of nitrogens with one attached hydrogen (secondary N) is 1. The van der Waals surface area contributed by atoms with Crippen LogP contribution in [-0.4, -0.2) is 24.1 Å². The first kappa shape index (κ1) is 11.7. The average Bonchev–Trinajstić information content (AvgIpc) is 3.12. The summed E-state index contributed by atoms with van der Waals surface area (Å²) >= 11 is 0. The fraction of sp³-hybridized carbons (Fsp3) is 0.917. The minimum absolute atomic E-state index is 0.291. The second kappa shape index (κ2) is 4.62. The lowest BCUT2D eigenvalue weighted by molar-refractivity contribution is 0.313. The van der Waals surface area contributed by atoms with Crippen LogP contribution in [0.5, 0.6) is 0 Å². The van der Waals surface area contributed by atoms with Gasteiger partial charge in [0, 0.05) is 13.0 Å². The fourth-order valence-electron chi connectivity index (χ4n) is 2.41. The van der Waals surface area contributed by atoms with Gasteiger partial charge in [-0.25, -0.2) is 0 Å². The molecule has 2 fully saturated rings. The van der Waals surface area contributed by atoms with Crippen molar-refractivity contribution in [3.63, 3.8) is 0 Å². The van der Waals surface area contributed by atoms with Crippen LogP contribution in [0, 0.1) is 17.3 Å².